The van der Waals surface area contributed by atoms with Crippen LogP contribution in [0.5, 0.6) is 5.06 Å². The van der Waals surface area contributed by atoms with Gasteiger partial charge in [0.25, 0.3) is 10.0 Å². The minimum absolute atomic E-state index is 0.134. The van der Waals surface area contributed by atoms with Crippen molar-refractivity contribution in [2.45, 2.75) is 49.3 Å². The Morgan fingerprint density at radius 1 is 1.30 bits per heavy atom. The molecule has 3 atom stereocenters. The van der Waals surface area contributed by atoms with Gasteiger partial charge in [-0.3, -0.25) is 9.59 Å². The topological polar surface area (TPSA) is 126 Å². The molecule has 2 aliphatic heterocycles. The number of thiophene rings is 1. The molecular formula is C21H24N4O6S2. The predicted octanol–water partition coefficient (Wildman–Crippen LogP) is 1.64. The van der Waals surface area contributed by atoms with Crippen molar-refractivity contribution in [1.29, 1.82) is 0 Å². The highest BCUT2D eigenvalue weighted by Crippen LogP contribution is 2.34. The van der Waals surface area contributed by atoms with Gasteiger partial charge in [-0.2, -0.15) is 4.31 Å². The monoisotopic (exact) mass is 492 g/mol. The first-order chi connectivity index (χ1) is 15.8. The fraction of sp³-hybridized carbons (Fsp3) is 0.429. The Hall–Kier alpha value is -2.83. The van der Waals surface area contributed by atoms with Gasteiger partial charge in [0.15, 0.2) is 15.9 Å². The van der Waals surface area contributed by atoms with Gasteiger partial charge in [0.2, 0.25) is 5.91 Å². The summed E-state index contributed by atoms with van der Waals surface area (Å²) in [5, 5.41) is 4.62. The third-order valence-electron chi connectivity index (χ3n) is 5.73. The first-order valence-electron chi connectivity index (χ1n) is 10.6. The number of likely N-dealkylation sites (tertiary alicyclic amines) is 1. The highest BCUT2D eigenvalue weighted by Gasteiger charge is 2.54. The van der Waals surface area contributed by atoms with Crippen molar-refractivity contribution in [2.75, 3.05) is 13.1 Å². The van der Waals surface area contributed by atoms with Crippen LogP contribution in [0.25, 0.3) is 0 Å². The zero-order valence-corrected chi connectivity index (χ0v) is 19.5. The van der Waals surface area contributed by atoms with Crippen LogP contribution in [0.3, 0.4) is 0 Å². The summed E-state index contributed by atoms with van der Waals surface area (Å²) < 4.78 is 32.5. The van der Waals surface area contributed by atoms with Crippen molar-refractivity contribution in [3.63, 3.8) is 0 Å². The molecule has 4 heterocycles. The van der Waals surface area contributed by atoms with E-state index in [2.05, 4.69) is 10.3 Å². The SMILES string of the molecule is CCCC(NC(=O)Oc1cccs1)C(=O)N1CCC2C1C(=O)CN2S(=O)(=O)c1ccccn1. The van der Waals surface area contributed by atoms with Crippen LogP contribution in [0.4, 0.5) is 4.79 Å². The lowest BCUT2D eigenvalue weighted by atomic mass is 10.1. The standard InChI is InChI=1S/C21H24N4O6S2/c1-2-6-14(23-21(28)31-18-8-5-12-32-18)20(27)24-11-9-15-19(24)16(26)13-25(15)33(29,30)17-7-3-4-10-22-17/h3-5,7-8,10,12,14-15,19H,2,6,9,11,13H2,1H3,(H,23,28). The normalized spacial score (nSPS) is 21.6. The Labute approximate surface area is 195 Å². The number of fused-ring (bicyclic) bond motifs is 1. The van der Waals surface area contributed by atoms with E-state index in [0.717, 1.165) is 4.31 Å². The predicted molar refractivity (Wildman–Crippen MR) is 119 cm³/mol. The van der Waals surface area contributed by atoms with Gasteiger partial charge in [-0.1, -0.05) is 19.4 Å². The highest BCUT2D eigenvalue weighted by atomic mass is 32.2. The number of hydrogen-bond acceptors (Lipinski definition) is 8. The fourth-order valence-electron chi connectivity index (χ4n) is 4.29. The summed E-state index contributed by atoms with van der Waals surface area (Å²) in [5.41, 5.74) is 0. The molecule has 2 aliphatic rings. The van der Waals surface area contributed by atoms with Crippen LogP contribution in [0, 0.1) is 0 Å². The molecule has 2 aromatic rings. The average molecular weight is 493 g/mol. The number of sulfonamides is 1. The molecule has 0 spiro atoms. The number of Topliss-reactive ketones (excluding diaryl/α,β-unsaturated/α-hetero) is 1. The molecule has 2 aromatic heterocycles. The molecule has 2 fully saturated rings. The summed E-state index contributed by atoms with van der Waals surface area (Å²) in [6.07, 6.45) is 1.93. The molecule has 0 saturated carbocycles. The van der Waals surface area contributed by atoms with E-state index in [1.54, 1.807) is 29.6 Å². The van der Waals surface area contributed by atoms with Gasteiger partial charge in [-0.15, -0.1) is 11.3 Å². The van der Waals surface area contributed by atoms with E-state index >= 15 is 0 Å². The van der Waals surface area contributed by atoms with Crippen LogP contribution >= 0.6 is 11.3 Å². The van der Waals surface area contributed by atoms with Gasteiger partial charge in [0.05, 0.1) is 12.6 Å². The lowest BCUT2D eigenvalue weighted by Gasteiger charge is -2.27. The van der Waals surface area contributed by atoms with Gasteiger partial charge in [-0.25, -0.2) is 18.2 Å². The minimum atomic E-state index is -3.98. The molecule has 0 aromatic carbocycles. The van der Waals surface area contributed by atoms with Crippen molar-refractivity contribution in [3.8, 4) is 5.06 Å². The molecule has 176 valence electrons. The lowest BCUT2D eigenvalue weighted by molar-refractivity contribution is -0.138. The molecule has 2 amide bonds. The number of amides is 2. The fourth-order valence-corrected chi connectivity index (χ4v) is 6.42. The molecule has 2 saturated heterocycles. The van der Waals surface area contributed by atoms with E-state index in [-0.39, 0.29) is 23.9 Å². The maximum absolute atomic E-state index is 13.3. The maximum atomic E-state index is 13.3. The second-order valence-corrected chi connectivity index (χ2v) is 10.6. The van der Waals surface area contributed by atoms with E-state index in [9.17, 15) is 22.8 Å². The van der Waals surface area contributed by atoms with Gasteiger partial charge < -0.3 is 15.0 Å². The van der Waals surface area contributed by atoms with Crippen LogP contribution in [-0.4, -0.2) is 71.6 Å². The Kier molecular flexibility index (Phi) is 6.77. The first-order valence-corrected chi connectivity index (χ1v) is 12.9. The first kappa shape index (κ1) is 23.3. The second kappa shape index (κ2) is 9.57. The Balaban J connectivity index is 1.49. The smallest absolute Gasteiger partial charge is 0.399 e. The van der Waals surface area contributed by atoms with E-state index in [1.165, 1.54) is 28.5 Å². The summed E-state index contributed by atoms with van der Waals surface area (Å²) in [5.74, 6) is -0.764. The summed E-state index contributed by atoms with van der Waals surface area (Å²) in [4.78, 5) is 43.8. The number of ether oxygens (including phenoxy) is 1. The molecule has 0 radical (unpaired) electrons. The zero-order valence-electron chi connectivity index (χ0n) is 17.9. The number of nitrogens with zero attached hydrogens (tertiary/aromatic N) is 3. The minimum Gasteiger partial charge on any atom is -0.399 e. The van der Waals surface area contributed by atoms with Crippen molar-refractivity contribution in [2.24, 2.45) is 0 Å². The second-order valence-electron chi connectivity index (χ2n) is 7.82. The molecular weight excluding hydrogens is 468 g/mol. The molecule has 0 bridgehead atoms. The number of pyridine rings is 1. The molecule has 12 heteroatoms. The summed E-state index contributed by atoms with van der Waals surface area (Å²) in [6, 6.07) is 5.51. The molecule has 3 unspecified atom stereocenters. The number of hydrogen-bond donors (Lipinski definition) is 1. The molecule has 0 aliphatic carbocycles. The number of rotatable bonds is 7. The van der Waals surface area contributed by atoms with Crippen molar-refractivity contribution in [3.05, 3.63) is 41.9 Å². The van der Waals surface area contributed by atoms with Gasteiger partial charge in [-0.05, 0) is 42.5 Å². The van der Waals surface area contributed by atoms with Gasteiger partial charge in [0, 0.05) is 12.7 Å². The van der Waals surface area contributed by atoms with Crippen LogP contribution in [0.15, 0.2) is 46.9 Å². The third kappa shape index (κ3) is 4.63. The van der Waals surface area contributed by atoms with Crippen LogP contribution in [0.1, 0.15) is 26.2 Å². The van der Waals surface area contributed by atoms with Crippen molar-refractivity contribution < 1.29 is 27.5 Å². The van der Waals surface area contributed by atoms with Gasteiger partial charge >= 0.3 is 6.09 Å². The van der Waals surface area contributed by atoms with Crippen LogP contribution in [-0.2, 0) is 19.6 Å². The molecule has 1 N–H and O–H groups in total. The summed E-state index contributed by atoms with van der Waals surface area (Å²) in [7, 11) is -3.98. The third-order valence-corrected chi connectivity index (χ3v) is 8.26. The Morgan fingerprint density at radius 3 is 2.79 bits per heavy atom. The Morgan fingerprint density at radius 2 is 2.12 bits per heavy atom. The number of carbonyl (C=O) groups is 3. The zero-order chi connectivity index (χ0) is 23.6. The van der Waals surface area contributed by atoms with E-state index < -0.39 is 40.1 Å². The maximum Gasteiger partial charge on any atom is 0.414 e. The number of ketones is 1. The molecule has 33 heavy (non-hydrogen) atoms. The Bertz CT molecular complexity index is 1120. The molecule has 4 rings (SSSR count). The average Bonchev–Trinajstić information content (AvgIpc) is 3.53. The van der Waals surface area contributed by atoms with Crippen LogP contribution in [0.2, 0.25) is 0 Å². The molecule has 10 nitrogen and oxygen atoms in total. The van der Waals surface area contributed by atoms with Gasteiger partial charge in [0.1, 0.15) is 12.1 Å². The number of nitrogens with one attached hydrogen (secondary N) is 1. The quantitative estimate of drug-likeness (QED) is 0.623. The number of aromatic nitrogens is 1. The summed E-state index contributed by atoms with van der Waals surface area (Å²) >= 11 is 1.25. The highest BCUT2D eigenvalue weighted by molar-refractivity contribution is 7.89. The summed E-state index contributed by atoms with van der Waals surface area (Å²) in [6.45, 7) is 1.78. The van der Waals surface area contributed by atoms with E-state index in [1.807, 2.05) is 6.92 Å². The van der Waals surface area contributed by atoms with Crippen molar-refractivity contribution in [1.82, 2.24) is 19.5 Å². The van der Waals surface area contributed by atoms with Crippen molar-refractivity contribution >= 4 is 39.1 Å². The largest absolute Gasteiger partial charge is 0.414 e. The van der Waals surface area contributed by atoms with E-state index in [4.69, 9.17) is 4.74 Å². The van der Waals surface area contributed by atoms with Crippen LogP contribution < -0.4 is 10.1 Å². The number of carbonyl (C=O) groups excluding carboxylic acids is 3. The van der Waals surface area contributed by atoms with E-state index in [0.29, 0.717) is 24.3 Å². The lowest BCUT2D eigenvalue weighted by Crippen LogP contribution is -2.53.